The normalized spacial score (nSPS) is 11.4. The van der Waals surface area contributed by atoms with E-state index in [0.717, 1.165) is 27.5 Å². The Morgan fingerprint density at radius 3 is 2.77 bits per heavy atom. The van der Waals surface area contributed by atoms with E-state index in [1.165, 1.54) is 11.3 Å². The van der Waals surface area contributed by atoms with Crippen LogP contribution in [0.1, 0.15) is 17.6 Å². The summed E-state index contributed by atoms with van der Waals surface area (Å²) in [7, 11) is 3.20. The number of thiazole rings is 1. The van der Waals surface area contributed by atoms with Gasteiger partial charge in [-0.15, -0.1) is 16.4 Å². The summed E-state index contributed by atoms with van der Waals surface area (Å²) in [5.74, 6) is 1.95. The van der Waals surface area contributed by atoms with Crippen molar-refractivity contribution in [3.63, 3.8) is 0 Å². The van der Waals surface area contributed by atoms with E-state index in [0.29, 0.717) is 40.3 Å². The van der Waals surface area contributed by atoms with Crippen LogP contribution in [0.4, 0.5) is 0 Å². The number of nitrogens with zero attached hydrogens (tertiary/aromatic N) is 4. The molecular formula is C20H18N4O4S2. The van der Waals surface area contributed by atoms with E-state index in [-0.39, 0.29) is 0 Å². The molecule has 0 saturated heterocycles. The minimum atomic E-state index is 0.378. The fraction of sp³-hybridized carbons (Fsp3) is 0.250. The maximum Gasteiger partial charge on any atom is 0.294 e. The van der Waals surface area contributed by atoms with Crippen molar-refractivity contribution >= 4 is 38.6 Å². The highest BCUT2D eigenvalue weighted by Crippen LogP contribution is 2.37. The third kappa shape index (κ3) is 3.37. The minimum absolute atomic E-state index is 0.378. The van der Waals surface area contributed by atoms with E-state index in [1.54, 1.807) is 30.1 Å². The molecule has 0 radical (unpaired) electrons. The van der Waals surface area contributed by atoms with Gasteiger partial charge in [-0.2, -0.15) is 0 Å². The Morgan fingerprint density at radius 1 is 1.13 bits per heavy atom. The highest BCUT2D eigenvalue weighted by molar-refractivity contribution is 7.18. The van der Waals surface area contributed by atoms with E-state index in [1.807, 2.05) is 29.8 Å². The molecule has 4 aromatic heterocycles. The topological polar surface area (TPSA) is 83.9 Å². The van der Waals surface area contributed by atoms with E-state index in [4.69, 9.17) is 18.6 Å². The number of imidazole rings is 1. The average Bonchev–Trinajstić information content (AvgIpc) is 3.53. The Morgan fingerprint density at radius 2 is 2.03 bits per heavy atom. The number of fused-ring (bicyclic) bond motifs is 2. The van der Waals surface area contributed by atoms with Crippen LogP contribution in [0.5, 0.6) is 16.7 Å². The zero-order valence-corrected chi connectivity index (χ0v) is 18.2. The molecule has 0 saturated carbocycles. The van der Waals surface area contributed by atoms with Gasteiger partial charge in [0.25, 0.3) is 5.19 Å². The van der Waals surface area contributed by atoms with Gasteiger partial charge < -0.3 is 18.6 Å². The quantitative estimate of drug-likeness (QED) is 0.357. The number of hydrogen-bond donors (Lipinski definition) is 0. The van der Waals surface area contributed by atoms with Crippen molar-refractivity contribution in [3.05, 3.63) is 40.5 Å². The Bertz CT molecular complexity index is 1300. The van der Waals surface area contributed by atoms with Crippen LogP contribution in [0.2, 0.25) is 0 Å². The second kappa shape index (κ2) is 7.62. The lowest BCUT2D eigenvalue weighted by atomic mass is 10.2. The van der Waals surface area contributed by atoms with E-state index in [9.17, 15) is 0 Å². The van der Waals surface area contributed by atoms with Gasteiger partial charge in [0.1, 0.15) is 29.4 Å². The molecule has 8 nitrogen and oxygen atoms in total. The van der Waals surface area contributed by atoms with E-state index >= 15 is 0 Å². The summed E-state index contributed by atoms with van der Waals surface area (Å²) in [4.78, 5) is 9.88. The van der Waals surface area contributed by atoms with Crippen LogP contribution in [0.15, 0.2) is 34.2 Å². The van der Waals surface area contributed by atoms with Gasteiger partial charge in [0.05, 0.1) is 36.5 Å². The first kappa shape index (κ1) is 18.9. The Labute approximate surface area is 179 Å². The molecule has 0 aliphatic rings. The summed E-state index contributed by atoms with van der Waals surface area (Å²) in [6.45, 7) is 2.47. The van der Waals surface area contributed by atoms with Gasteiger partial charge in [0.15, 0.2) is 5.76 Å². The third-order valence-corrected chi connectivity index (χ3v) is 6.46. The van der Waals surface area contributed by atoms with Crippen LogP contribution < -0.4 is 14.2 Å². The highest BCUT2D eigenvalue weighted by Gasteiger charge is 2.17. The SMILES string of the molecule is CCc1nc(COc2cc(OC)cc3oc(-c4cn5nc(OC)sc5n4)cc23)cs1. The summed E-state index contributed by atoms with van der Waals surface area (Å²) in [5, 5.41) is 8.83. The number of aromatic nitrogens is 4. The first-order chi connectivity index (χ1) is 14.7. The molecule has 0 aliphatic heterocycles. The van der Waals surface area contributed by atoms with Gasteiger partial charge in [-0.3, -0.25) is 0 Å². The van der Waals surface area contributed by atoms with Crippen molar-refractivity contribution in [2.75, 3.05) is 14.2 Å². The molecule has 0 spiro atoms. The number of ether oxygens (including phenoxy) is 3. The molecule has 0 bridgehead atoms. The first-order valence-electron chi connectivity index (χ1n) is 9.25. The largest absolute Gasteiger partial charge is 0.496 e. The van der Waals surface area contributed by atoms with Crippen molar-refractivity contribution in [3.8, 4) is 28.1 Å². The molecule has 0 fully saturated rings. The predicted octanol–water partition coefficient (Wildman–Crippen LogP) is 4.82. The molecule has 1 aromatic carbocycles. The summed E-state index contributed by atoms with van der Waals surface area (Å²) in [6, 6.07) is 5.61. The molecule has 0 unspecified atom stereocenters. The van der Waals surface area contributed by atoms with Crippen LogP contribution in [0.25, 0.3) is 27.4 Å². The van der Waals surface area contributed by atoms with Crippen molar-refractivity contribution in [2.24, 2.45) is 0 Å². The molecule has 5 aromatic rings. The molecule has 0 atom stereocenters. The number of aryl methyl sites for hydroxylation is 1. The second-order valence-electron chi connectivity index (χ2n) is 6.45. The van der Waals surface area contributed by atoms with Gasteiger partial charge in [-0.1, -0.05) is 6.92 Å². The van der Waals surface area contributed by atoms with Gasteiger partial charge in [0.2, 0.25) is 4.96 Å². The number of furan rings is 1. The molecule has 0 amide bonds. The van der Waals surface area contributed by atoms with Gasteiger partial charge in [-0.05, 0) is 23.8 Å². The highest BCUT2D eigenvalue weighted by atomic mass is 32.1. The Hall–Kier alpha value is -3.11. The zero-order chi connectivity index (χ0) is 20.7. The fourth-order valence-electron chi connectivity index (χ4n) is 3.06. The standard InChI is InChI=1S/C20H18N4O4S2/c1-4-18-21-11(10-29-18)9-27-15-5-12(25-2)6-16-13(15)7-17(28-16)14-8-24-19(22-14)30-20(23-24)26-3/h5-8,10H,4,9H2,1-3H3. The summed E-state index contributed by atoms with van der Waals surface area (Å²) in [6.07, 6.45) is 2.73. The van der Waals surface area contributed by atoms with Gasteiger partial charge in [-0.25, -0.2) is 14.5 Å². The molecule has 4 heterocycles. The lowest BCUT2D eigenvalue weighted by molar-refractivity contribution is 0.303. The van der Waals surface area contributed by atoms with Crippen molar-refractivity contribution in [1.29, 1.82) is 0 Å². The number of benzene rings is 1. The fourth-order valence-corrected chi connectivity index (χ4v) is 4.49. The zero-order valence-electron chi connectivity index (χ0n) is 16.5. The second-order valence-corrected chi connectivity index (χ2v) is 8.31. The molecule has 30 heavy (non-hydrogen) atoms. The lowest BCUT2D eigenvalue weighted by Crippen LogP contribution is -1.97. The summed E-state index contributed by atoms with van der Waals surface area (Å²) in [5.41, 5.74) is 2.25. The summed E-state index contributed by atoms with van der Waals surface area (Å²) >= 11 is 3.01. The van der Waals surface area contributed by atoms with Crippen molar-refractivity contribution in [2.45, 2.75) is 20.0 Å². The molecule has 10 heteroatoms. The van der Waals surface area contributed by atoms with Crippen molar-refractivity contribution in [1.82, 2.24) is 19.6 Å². The maximum absolute atomic E-state index is 6.08. The van der Waals surface area contributed by atoms with Crippen LogP contribution in [0, 0.1) is 0 Å². The molecular weight excluding hydrogens is 424 g/mol. The number of rotatable bonds is 7. The lowest BCUT2D eigenvalue weighted by Gasteiger charge is -2.07. The van der Waals surface area contributed by atoms with Gasteiger partial charge >= 0.3 is 0 Å². The average molecular weight is 443 g/mol. The number of hydrogen-bond acceptors (Lipinski definition) is 9. The van der Waals surface area contributed by atoms with Crippen molar-refractivity contribution < 1.29 is 18.6 Å². The van der Waals surface area contributed by atoms with E-state index in [2.05, 4.69) is 22.0 Å². The van der Waals surface area contributed by atoms with Crippen LogP contribution in [-0.2, 0) is 13.0 Å². The molecule has 154 valence electrons. The smallest absolute Gasteiger partial charge is 0.294 e. The Balaban J connectivity index is 1.49. The van der Waals surface area contributed by atoms with E-state index < -0.39 is 0 Å². The van der Waals surface area contributed by atoms with Crippen LogP contribution in [0.3, 0.4) is 0 Å². The third-order valence-electron chi connectivity index (χ3n) is 4.54. The van der Waals surface area contributed by atoms with Crippen LogP contribution >= 0.6 is 22.7 Å². The minimum Gasteiger partial charge on any atom is -0.496 e. The molecule has 5 rings (SSSR count). The molecule has 0 N–H and O–H groups in total. The monoisotopic (exact) mass is 442 g/mol. The predicted molar refractivity (Wildman–Crippen MR) is 115 cm³/mol. The Kier molecular flexibility index (Phi) is 4.80. The molecule has 0 aliphatic carbocycles. The maximum atomic E-state index is 6.08. The number of methoxy groups -OCH3 is 2. The summed E-state index contributed by atoms with van der Waals surface area (Å²) < 4.78 is 24.4. The van der Waals surface area contributed by atoms with Crippen LogP contribution in [-0.4, -0.2) is 33.8 Å². The first-order valence-corrected chi connectivity index (χ1v) is 10.9. The van der Waals surface area contributed by atoms with Gasteiger partial charge in [0, 0.05) is 17.5 Å².